The van der Waals surface area contributed by atoms with E-state index in [1.54, 1.807) is 0 Å². The van der Waals surface area contributed by atoms with Gasteiger partial charge in [-0.15, -0.1) is 0 Å². The molecule has 21 heavy (non-hydrogen) atoms. The van der Waals surface area contributed by atoms with E-state index in [-0.39, 0.29) is 0 Å². The SMILES string of the molecule is CN(CCCOc1ccc(N)cc1)CC1(O)CCOCC1. The second-order valence-electron chi connectivity index (χ2n) is 5.85. The number of nitrogens with two attached hydrogens (primary N) is 1. The Morgan fingerprint density at radius 3 is 2.62 bits per heavy atom. The van der Waals surface area contributed by atoms with Gasteiger partial charge in [-0.2, -0.15) is 0 Å². The topological polar surface area (TPSA) is 68.0 Å². The summed E-state index contributed by atoms with van der Waals surface area (Å²) in [6, 6.07) is 7.43. The fourth-order valence-corrected chi connectivity index (χ4v) is 2.58. The fourth-order valence-electron chi connectivity index (χ4n) is 2.58. The predicted octanol–water partition coefficient (Wildman–Crippen LogP) is 1.51. The molecule has 0 spiro atoms. The Labute approximate surface area is 126 Å². The number of rotatable bonds is 7. The van der Waals surface area contributed by atoms with E-state index in [2.05, 4.69) is 4.90 Å². The van der Waals surface area contributed by atoms with Gasteiger partial charge in [-0.05, 0) is 37.7 Å². The van der Waals surface area contributed by atoms with E-state index in [9.17, 15) is 5.11 Å². The smallest absolute Gasteiger partial charge is 0.119 e. The molecule has 3 N–H and O–H groups in total. The van der Waals surface area contributed by atoms with Crippen molar-refractivity contribution in [3.8, 4) is 5.75 Å². The highest BCUT2D eigenvalue weighted by atomic mass is 16.5. The number of hydrogen-bond acceptors (Lipinski definition) is 5. The van der Waals surface area contributed by atoms with Crippen LogP contribution in [-0.4, -0.2) is 55.6 Å². The highest BCUT2D eigenvalue weighted by molar-refractivity contribution is 5.41. The van der Waals surface area contributed by atoms with Crippen LogP contribution in [0.25, 0.3) is 0 Å². The van der Waals surface area contributed by atoms with Gasteiger partial charge in [0.05, 0.1) is 12.2 Å². The largest absolute Gasteiger partial charge is 0.494 e. The average molecular weight is 294 g/mol. The Balaban J connectivity index is 1.62. The molecule has 118 valence electrons. The van der Waals surface area contributed by atoms with Gasteiger partial charge in [-0.1, -0.05) is 0 Å². The van der Waals surface area contributed by atoms with Crippen LogP contribution in [-0.2, 0) is 4.74 Å². The average Bonchev–Trinajstić information content (AvgIpc) is 2.46. The third-order valence-electron chi connectivity index (χ3n) is 3.82. The molecular weight excluding hydrogens is 268 g/mol. The molecule has 1 aromatic rings. The van der Waals surface area contributed by atoms with Gasteiger partial charge in [0.15, 0.2) is 0 Å². The Morgan fingerprint density at radius 2 is 1.95 bits per heavy atom. The van der Waals surface area contributed by atoms with Crippen LogP contribution in [0.15, 0.2) is 24.3 Å². The third-order valence-corrected chi connectivity index (χ3v) is 3.82. The molecule has 1 fully saturated rings. The van der Waals surface area contributed by atoms with E-state index in [4.69, 9.17) is 15.2 Å². The van der Waals surface area contributed by atoms with Gasteiger partial charge in [-0.3, -0.25) is 0 Å². The van der Waals surface area contributed by atoms with Gasteiger partial charge in [0.25, 0.3) is 0 Å². The first-order chi connectivity index (χ1) is 10.1. The summed E-state index contributed by atoms with van der Waals surface area (Å²) in [6.45, 7) is 3.57. The Kier molecular flexibility index (Phi) is 5.85. The first-order valence-corrected chi connectivity index (χ1v) is 7.54. The highest BCUT2D eigenvalue weighted by Crippen LogP contribution is 2.21. The molecule has 0 bridgehead atoms. The van der Waals surface area contributed by atoms with Gasteiger partial charge in [0.1, 0.15) is 5.75 Å². The summed E-state index contributed by atoms with van der Waals surface area (Å²) in [5.74, 6) is 0.843. The Bertz CT molecular complexity index is 416. The third kappa shape index (κ3) is 5.53. The molecule has 1 aromatic carbocycles. The lowest BCUT2D eigenvalue weighted by Gasteiger charge is -2.35. The lowest BCUT2D eigenvalue weighted by molar-refractivity contribution is -0.0770. The quantitative estimate of drug-likeness (QED) is 0.589. The maximum absolute atomic E-state index is 10.4. The van der Waals surface area contributed by atoms with Crippen molar-refractivity contribution < 1.29 is 14.6 Å². The van der Waals surface area contributed by atoms with Crippen molar-refractivity contribution >= 4 is 5.69 Å². The molecule has 0 atom stereocenters. The molecule has 1 heterocycles. The van der Waals surface area contributed by atoms with E-state index in [0.717, 1.165) is 37.2 Å². The predicted molar refractivity (Wildman–Crippen MR) is 83.5 cm³/mol. The van der Waals surface area contributed by atoms with Gasteiger partial charge < -0.3 is 25.2 Å². The number of anilines is 1. The van der Waals surface area contributed by atoms with E-state index < -0.39 is 5.60 Å². The summed E-state index contributed by atoms with van der Waals surface area (Å²) in [5.41, 5.74) is 5.78. The van der Waals surface area contributed by atoms with E-state index in [1.165, 1.54) is 0 Å². The van der Waals surface area contributed by atoms with Crippen molar-refractivity contribution in [3.05, 3.63) is 24.3 Å². The zero-order valence-corrected chi connectivity index (χ0v) is 12.8. The summed E-state index contributed by atoms with van der Waals surface area (Å²) >= 11 is 0. The molecule has 2 rings (SSSR count). The molecule has 1 aliphatic rings. The zero-order chi connectivity index (χ0) is 15.1. The molecular formula is C16H26N2O3. The van der Waals surface area contributed by atoms with Crippen molar-refractivity contribution in [2.45, 2.75) is 24.9 Å². The Hall–Kier alpha value is -1.30. The minimum Gasteiger partial charge on any atom is -0.494 e. The molecule has 0 amide bonds. The second-order valence-corrected chi connectivity index (χ2v) is 5.85. The molecule has 0 aliphatic carbocycles. The maximum Gasteiger partial charge on any atom is 0.119 e. The minimum atomic E-state index is -0.592. The summed E-state index contributed by atoms with van der Waals surface area (Å²) < 4.78 is 11.0. The summed E-state index contributed by atoms with van der Waals surface area (Å²) in [7, 11) is 2.04. The standard InChI is InChI=1S/C16H26N2O3/c1-18(13-16(19)7-11-20-12-8-16)9-2-10-21-15-5-3-14(17)4-6-15/h3-6,19H,2,7-13,17H2,1H3. The molecule has 0 unspecified atom stereocenters. The number of hydrogen-bond donors (Lipinski definition) is 2. The van der Waals surface area contributed by atoms with Crippen LogP contribution in [0.5, 0.6) is 5.75 Å². The number of nitrogen functional groups attached to an aromatic ring is 1. The number of nitrogens with zero attached hydrogens (tertiary/aromatic N) is 1. The van der Waals surface area contributed by atoms with Crippen molar-refractivity contribution in [3.63, 3.8) is 0 Å². The van der Waals surface area contributed by atoms with Gasteiger partial charge in [-0.25, -0.2) is 0 Å². The molecule has 0 saturated carbocycles. The number of ether oxygens (including phenoxy) is 2. The van der Waals surface area contributed by atoms with Crippen LogP contribution < -0.4 is 10.5 Å². The summed E-state index contributed by atoms with van der Waals surface area (Å²) in [4.78, 5) is 2.16. The Morgan fingerprint density at radius 1 is 1.29 bits per heavy atom. The van der Waals surface area contributed by atoms with Crippen LogP contribution in [0.1, 0.15) is 19.3 Å². The van der Waals surface area contributed by atoms with Crippen LogP contribution in [0, 0.1) is 0 Å². The van der Waals surface area contributed by atoms with Gasteiger partial charge in [0.2, 0.25) is 0 Å². The van der Waals surface area contributed by atoms with Crippen molar-refractivity contribution in [1.29, 1.82) is 0 Å². The molecule has 5 heteroatoms. The van der Waals surface area contributed by atoms with E-state index in [0.29, 0.717) is 26.4 Å². The molecule has 0 radical (unpaired) electrons. The van der Waals surface area contributed by atoms with Crippen molar-refractivity contribution in [2.75, 3.05) is 45.7 Å². The molecule has 1 saturated heterocycles. The molecule has 1 aliphatic heterocycles. The van der Waals surface area contributed by atoms with Gasteiger partial charge in [0, 0.05) is 44.8 Å². The number of likely N-dealkylation sites (N-methyl/N-ethyl adjacent to an activating group) is 1. The van der Waals surface area contributed by atoms with Crippen LogP contribution in [0.2, 0.25) is 0 Å². The van der Waals surface area contributed by atoms with E-state index >= 15 is 0 Å². The first-order valence-electron chi connectivity index (χ1n) is 7.54. The maximum atomic E-state index is 10.4. The lowest BCUT2D eigenvalue weighted by Crippen LogP contribution is -2.46. The highest BCUT2D eigenvalue weighted by Gasteiger charge is 2.30. The van der Waals surface area contributed by atoms with Crippen molar-refractivity contribution in [2.24, 2.45) is 0 Å². The fraction of sp³-hybridized carbons (Fsp3) is 0.625. The zero-order valence-electron chi connectivity index (χ0n) is 12.8. The first kappa shape index (κ1) is 16.1. The summed E-state index contributed by atoms with van der Waals surface area (Å²) in [6.07, 6.45) is 2.37. The lowest BCUT2D eigenvalue weighted by atomic mass is 9.94. The molecule has 5 nitrogen and oxygen atoms in total. The van der Waals surface area contributed by atoms with Crippen LogP contribution in [0.4, 0.5) is 5.69 Å². The van der Waals surface area contributed by atoms with Crippen molar-refractivity contribution in [1.82, 2.24) is 4.90 Å². The second kappa shape index (κ2) is 7.64. The van der Waals surface area contributed by atoms with Gasteiger partial charge >= 0.3 is 0 Å². The van der Waals surface area contributed by atoms with Crippen LogP contribution >= 0.6 is 0 Å². The number of benzene rings is 1. The van der Waals surface area contributed by atoms with Crippen LogP contribution in [0.3, 0.4) is 0 Å². The normalized spacial score (nSPS) is 17.9. The monoisotopic (exact) mass is 294 g/mol. The molecule has 0 aromatic heterocycles. The van der Waals surface area contributed by atoms with E-state index in [1.807, 2.05) is 31.3 Å². The summed E-state index contributed by atoms with van der Waals surface area (Å²) in [5, 5.41) is 10.4. The number of aliphatic hydroxyl groups is 1. The minimum absolute atomic E-state index is 0.592.